The van der Waals surface area contributed by atoms with E-state index < -0.39 is 6.04 Å². The molecule has 1 aromatic carbocycles. The molecule has 0 spiro atoms. The van der Waals surface area contributed by atoms with Gasteiger partial charge in [0.05, 0.1) is 30.3 Å². The smallest absolute Gasteiger partial charge is 0.272 e. The number of hydrogen-bond donors (Lipinski definition) is 3. The predicted octanol–water partition coefficient (Wildman–Crippen LogP) is 0.880. The van der Waals surface area contributed by atoms with Crippen LogP contribution < -0.4 is 16.2 Å². The standard InChI is InChI=1S/C18H18N4O4/c1-11(17(24)19-10-12-5-4-8-26-12)20-16(23)9-15-13-6-2-3-7-14(13)18(25)22-21-15/h2-8,11H,9-10H2,1H3,(H,19,24)(H,20,23)(H,22,25). The molecule has 26 heavy (non-hydrogen) atoms. The molecule has 2 amide bonds. The number of nitrogens with zero attached hydrogens (tertiary/aromatic N) is 1. The zero-order valence-corrected chi connectivity index (χ0v) is 14.1. The number of aromatic nitrogens is 2. The number of aromatic amines is 1. The Morgan fingerprint density at radius 2 is 1.96 bits per heavy atom. The quantitative estimate of drug-likeness (QED) is 0.607. The Morgan fingerprint density at radius 3 is 2.69 bits per heavy atom. The summed E-state index contributed by atoms with van der Waals surface area (Å²) in [7, 11) is 0. The number of amides is 2. The van der Waals surface area contributed by atoms with Crippen LogP contribution in [-0.2, 0) is 22.6 Å². The first kappa shape index (κ1) is 17.4. The Balaban J connectivity index is 1.61. The molecule has 8 heteroatoms. The number of benzene rings is 1. The van der Waals surface area contributed by atoms with Gasteiger partial charge in [0.25, 0.3) is 5.56 Å². The summed E-state index contributed by atoms with van der Waals surface area (Å²) < 4.78 is 5.13. The van der Waals surface area contributed by atoms with Crippen molar-refractivity contribution < 1.29 is 14.0 Å². The predicted molar refractivity (Wildman–Crippen MR) is 94.2 cm³/mol. The minimum atomic E-state index is -0.716. The van der Waals surface area contributed by atoms with Crippen molar-refractivity contribution >= 4 is 22.6 Å². The number of rotatable bonds is 6. The number of carbonyl (C=O) groups excluding carboxylic acids is 2. The van der Waals surface area contributed by atoms with Gasteiger partial charge in [-0.05, 0) is 25.1 Å². The third kappa shape index (κ3) is 3.97. The number of fused-ring (bicyclic) bond motifs is 1. The lowest BCUT2D eigenvalue weighted by molar-refractivity contribution is -0.128. The summed E-state index contributed by atoms with van der Waals surface area (Å²) in [5.74, 6) is -0.0647. The van der Waals surface area contributed by atoms with Gasteiger partial charge in [-0.25, -0.2) is 5.10 Å². The van der Waals surface area contributed by atoms with Crippen LogP contribution in [0.5, 0.6) is 0 Å². The van der Waals surface area contributed by atoms with Gasteiger partial charge in [0.2, 0.25) is 11.8 Å². The van der Waals surface area contributed by atoms with E-state index in [9.17, 15) is 14.4 Å². The van der Waals surface area contributed by atoms with Crippen molar-refractivity contribution in [1.82, 2.24) is 20.8 Å². The van der Waals surface area contributed by atoms with Gasteiger partial charge in [0.1, 0.15) is 11.8 Å². The van der Waals surface area contributed by atoms with Crippen LogP contribution in [0.3, 0.4) is 0 Å². The maximum atomic E-state index is 12.2. The summed E-state index contributed by atoms with van der Waals surface area (Å²) in [6.45, 7) is 1.84. The third-order valence-corrected chi connectivity index (χ3v) is 3.89. The van der Waals surface area contributed by atoms with Gasteiger partial charge >= 0.3 is 0 Å². The third-order valence-electron chi connectivity index (χ3n) is 3.89. The first-order valence-corrected chi connectivity index (χ1v) is 8.10. The molecule has 8 nitrogen and oxygen atoms in total. The van der Waals surface area contributed by atoms with Crippen molar-refractivity contribution in [3.8, 4) is 0 Å². The molecular formula is C18H18N4O4. The fourth-order valence-electron chi connectivity index (χ4n) is 2.56. The van der Waals surface area contributed by atoms with E-state index in [2.05, 4.69) is 20.8 Å². The summed E-state index contributed by atoms with van der Waals surface area (Å²) in [5, 5.41) is 12.7. The van der Waals surface area contributed by atoms with Crippen molar-refractivity contribution in [2.24, 2.45) is 0 Å². The van der Waals surface area contributed by atoms with Crippen LogP contribution in [0.25, 0.3) is 10.8 Å². The van der Waals surface area contributed by atoms with Gasteiger partial charge in [-0.3, -0.25) is 14.4 Å². The maximum Gasteiger partial charge on any atom is 0.272 e. The zero-order valence-electron chi connectivity index (χ0n) is 14.1. The molecule has 0 aliphatic carbocycles. The average molecular weight is 354 g/mol. The molecule has 2 aromatic heterocycles. The van der Waals surface area contributed by atoms with Gasteiger partial charge < -0.3 is 15.1 Å². The largest absolute Gasteiger partial charge is 0.467 e. The molecule has 3 N–H and O–H groups in total. The highest BCUT2D eigenvalue weighted by Crippen LogP contribution is 2.12. The Morgan fingerprint density at radius 1 is 1.19 bits per heavy atom. The van der Waals surface area contributed by atoms with Crippen molar-refractivity contribution in [3.05, 3.63) is 64.5 Å². The van der Waals surface area contributed by atoms with Crippen molar-refractivity contribution in [1.29, 1.82) is 0 Å². The minimum Gasteiger partial charge on any atom is -0.467 e. The van der Waals surface area contributed by atoms with Crippen LogP contribution in [0, 0.1) is 0 Å². The lowest BCUT2D eigenvalue weighted by Crippen LogP contribution is -2.45. The van der Waals surface area contributed by atoms with Crippen LogP contribution in [-0.4, -0.2) is 28.1 Å². The summed E-state index contributed by atoms with van der Waals surface area (Å²) in [4.78, 5) is 36.1. The normalized spacial score (nSPS) is 11.9. The van der Waals surface area contributed by atoms with E-state index in [4.69, 9.17) is 4.42 Å². The van der Waals surface area contributed by atoms with Crippen LogP contribution in [0.1, 0.15) is 18.4 Å². The van der Waals surface area contributed by atoms with Crippen LogP contribution in [0.4, 0.5) is 0 Å². The lowest BCUT2D eigenvalue weighted by atomic mass is 10.1. The van der Waals surface area contributed by atoms with Gasteiger partial charge in [0.15, 0.2) is 0 Å². The molecule has 1 unspecified atom stereocenters. The highest BCUT2D eigenvalue weighted by atomic mass is 16.3. The maximum absolute atomic E-state index is 12.2. The fraction of sp³-hybridized carbons (Fsp3) is 0.222. The fourth-order valence-corrected chi connectivity index (χ4v) is 2.56. The second-order valence-corrected chi connectivity index (χ2v) is 5.81. The highest BCUT2D eigenvalue weighted by Gasteiger charge is 2.17. The van der Waals surface area contributed by atoms with Gasteiger partial charge in [-0.1, -0.05) is 18.2 Å². The SMILES string of the molecule is CC(NC(=O)Cc1n[nH]c(=O)c2ccccc12)C(=O)NCc1ccco1. The van der Waals surface area contributed by atoms with E-state index in [-0.39, 0.29) is 30.3 Å². The molecule has 0 aliphatic rings. The van der Waals surface area contributed by atoms with E-state index in [1.165, 1.54) is 6.26 Å². The van der Waals surface area contributed by atoms with Crippen LogP contribution in [0.2, 0.25) is 0 Å². The summed E-state index contributed by atoms with van der Waals surface area (Å²) >= 11 is 0. The molecule has 0 saturated carbocycles. The monoisotopic (exact) mass is 354 g/mol. The van der Waals surface area contributed by atoms with Crippen molar-refractivity contribution in [3.63, 3.8) is 0 Å². The van der Waals surface area contributed by atoms with Crippen LogP contribution in [0.15, 0.2) is 51.9 Å². The molecule has 3 rings (SSSR count). The topological polar surface area (TPSA) is 117 Å². The molecule has 0 fully saturated rings. The van der Waals surface area contributed by atoms with Gasteiger partial charge in [-0.15, -0.1) is 0 Å². The summed E-state index contributed by atoms with van der Waals surface area (Å²) in [6, 6.07) is 9.68. The number of nitrogens with one attached hydrogen (secondary N) is 3. The molecule has 2 heterocycles. The van der Waals surface area contributed by atoms with Gasteiger partial charge in [0, 0.05) is 5.39 Å². The number of H-pyrrole nitrogens is 1. The Labute approximate surface area is 148 Å². The van der Waals surface area contributed by atoms with Crippen molar-refractivity contribution in [2.75, 3.05) is 0 Å². The van der Waals surface area contributed by atoms with Crippen molar-refractivity contribution in [2.45, 2.75) is 25.9 Å². The van der Waals surface area contributed by atoms with E-state index in [1.807, 2.05) is 0 Å². The molecule has 3 aromatic rings. The zero-order chi connectivity index (χ0) is 18.5. The van der Waals surface area contributed by atoms with Gasteiger partial charge in [-0.2, -0.15) is 5.10 Å². The molecular weight excluding hydrogens is 336 g/mol. The highest BCUT2D eigenvalue weighted by molar-refractivity contribution is 5.91. The molecule has 1 atom stereocenters. The minimum absolute atomic E-state index is 0.0485. The Bertz CT molecular complexity index is 978. The van der Waals surface area contributed by atoms with E-state index in [0.717, 1.165) is 0 Å². The number of hydrogen-bond acceptors (Lipinski definition) is 5. The lowest BCUT2D eigenvalue weighted by Gasteiger charge is -2.14. The number of carbonyl (C=O) groups is 2. The molecule has 0 bridgehead atoms. The van der Waals surface area contributed by atoms with Crippen LogP contribution >= 0.6 is 0 Å². The second kappa shape index (κ2) is 7.64. The number of furan rings is 1. The molecule has 0 saturated heterocycles. The first-order valence-electron chi connectivity index (χ1n) is 8.10. The first-order chi connectivity index (χ1) is 12.5. The molecule has 134 valence electrons. The Kier molecular flexibility index (Phi) is 5.12. The summed E-state index contributed by atoms with van der Waals surface area (Å²) in [6.07, 6.45) is 1.47. The van der Waals surface area contributed by atoms with E-state index >= 15 is 0 Å². The summed E-state index contributed by atoms with van der Waals surface area (Å²) in [5.41, 5.74) is 0.135. The van der Waals surface area contributed by atoms with E-state index in [1.54, 1.807) is 43.3 Å². The second-order valence-electron chi connectivity index (χ2n) is 5.81. The average Bonchev–Trinajstić information content (AvgIpc) is 3.16. The molecule has 0 radical (unpaired) electrons. The Hall–Kier alpha value is -3.42. The van der Waals surface area contributed by atoms with E-state index in [0.29, 0.717) is 22.2 Å². The molecule has 0 aliphatic heterocycles.